The summed E-state index contributed by atoms with van der Waals surface area (Å²) in [6.45, 7) is 6.08. The van der Waals surface area contributed by atoms with Crippen molar-refractivity contribution >= 4 is 0 Å². The average Bonchev–Trinajstić information content (AvgIpc) is 2.15. The molecule has 0 radical (unpaired) electrons. The molecular weight excluding hydrogens is 174 g/mol. The Bertz CT molecular complexity index is 273. The van der Waals surface area contributed by atoms with E-state index in [0.717, 1.165) is 18.8 Å². The van der Waals surface area contributed by atoms with Gasteiger partial charge in [-0.15, -0.1) is 0 Å². The topological polar surface area (TPSA) is 37.0 Å². The van der Waals surface area contributed by atoms with Gasteiger partial charge in [-0.2, -0.15) is 0 Å². The maximum absolute atomic E-state index is 4.16. The molecular formula is C11H19N3. The highest BCUT2D eigenvalue weighted by Gasteiger charge is 1.99. The number of likely N-dealkylation sites (N-methyl/N-ethyl adjacent to an activating group) is 1. The van der Waals surface area contributed by atoms with Gasteiger partial charge in [0.15, 0.2) is 0 Å². The summed E-state index contributed by atoms with van der Waals surface area (Å²) >= 11 is 0. The molecule has 2 N–H and O–H groups in total. The first-order valence-corrected chi connectivity index (χ1v) is 5.02. The molecule has 0 fully saturated rings. The molecule has 1 heterocycles. The Kier molecular flexibility index (Phi) is 4.56. The minimum Gasteiger partial charge on any atom is -0.318 e. The van der Waals surface area contributed by atoms with E-state index in [4.69, 9.17) is 0 Å². The lowest BCUT2D eigenvalue weighted by Gasteiger charge is -2.13. The van der Waals surface area contributed by atoms with Gasteiger partial charge >= 0.3 is 0 Å². The first kappa shape index (κ1) is 11.1. The Morgan fingerprint density at radius 3 is 2.93 bits per heavy atom. The molecule has 78 valence electrons. The van der Waals surface area contributed by atoms with E-state index in [9.17, 15) is 0 Å². The van der Waals surface area contributed by atoms with E-state index >= 15 is 0 Å². The van der Waals surface area contributed by atoms with Gasteiger partial charge in [-0.05, 0) is 38.6 Å². The molecule has 1 atom stereocenters. The molecule has 0 aliphatic heterocycles. The van der Waals surface area contributed by atoms with Gasteiger partial charge in [0, 0.05) is 31.0 Å². The summed E-state index contributed by atoms with van der Waals surface area (Å²) in [7, 11) is 1.97. The van der Waals surface area contributed by atoms with Crippen LogP contribution in [0.2, 0.25) is 0 Å². The molecule has 3 nitrogen and oxygen atoms in total. The highest BCUT2D eigenvalue weighted by Crippen LogP contribution is 2.00. The third-order valence-corrected chi connectivity index (χ3v) is 2.13. The fraction of sp³-hybridized carbons (Fsp3) is 0.545. The number of pyridine rings is 1. The first-order valence-electron chi connectivity index (χ1n) is 5.02. The van der Waals surface area contributed by atoms with Crippen LogP contribution in [0.4, 0.5) is 0 Å². The summed E-state index contributed by atoms with van der Waals surface area (Å²) in [4.78, 5) is 4.16. The molecule has 3 heteroatoms. The highest BCUT2D eigenvalue weighted by molar-refractivity contribution is 5.15. The van der Waals surface area contributed by atoms with Crippen molar-refractivity contribution in [2.75, 3.05) is 13.6 Å². The summed E-state index contributed by atoms with van der Waals surface area (Å²) in [5.74, 6) is 0. The van der Waals surface area contributed by atoms with Crippen LogP contribution in [0.15, 0.2) is 18.3 Å². The molecule has 14 heavy (non-hydrogen) atoms. The van der Waals surface area contributed by atoms with E-state index in [2.05, 4.69) is 28.6 Å². The van der Waals surface area contributed by atoms with Crippen molar-refractivity contribution in [2.24, 2.45) is 0 Å². The third-order valence-electron chi connectivity index (χ3n) is 2.13. The van der Waals surface area contributed by atoms with Crippen molar-refractivity contribution < 1.29 is 0 Å². The lowest BCUT2D eigenvalue weighted by Crippen LogP contribution is -2.34. The Hall–Kier alpha value is -0.930. The molecule has 0 aliphatic carbocycles. The van der Waals surface area contributed by atoms with Gasteiger partial charge in [0.05, 0.1) is 0 Å². The Morgan fingerprint density at radius 1 is 1.50 bits per heavy atom. The van der Waals surface area contributed by atoms with Crippen LogP contribution < -0.4 is 10.6 Å². The van der Waals surface area contributed by atoms with E-state index in [0.29, 0.717) is 6.04 Å². The molecule has 0 aromatic carbocycles. The maximum atomic E-state index is 4.16. The zero-order valence-electron chi connectivity index (χ0n) is 9.17. The first-order chi connectivity index (χ1) is 6.72. The molecule has 0 amide bonds. The minimum atomic E-state index is 0.494. The standard InChI is InChI=1S/C11H19N3/c1-9-6-11(4-5-13-9)8-14-10(2)7-12-3/h4-6,10,12,14H,7-8H2,1-3H3. The monoisotopic (exact) mass is 193 g/mol. The maximum Gasteiger partial charge on any atom is 0.0375 e. The smallest absolute Gasteiger partial charge is 0.0375 e. The summed E-state index contributed by atoms with van der Waals surface area (Å²) in [6.07, 6.45) is 1.86. The third kappa shape index (κ3) is 3.85. The average molecular weight is 193 g/mol. The Labute approximate surface area is 85.9 Å². The number of rotatable bonds is 5. The second kappa shape index (κ2) is 5.73. The number of hydrogen-bond donors (Lipinski definition) is 2. The minimum absolute atomic E-state index is 0.494. The predicted molar refractivity (Wildman–Crippen MR) is 59.2 cm³/mol. The van der Waals surface area contributed by atoms with Crippen LogP contribution in [0, 0.1) is 6.92 Å². The molecule has 0 saturated heterocycles. The van der Waals surface area contributed by atoms with Gasteiger partial charge in [0.25, 0.3) is 0 Å². The van der Waals surface area contributed by atoms with E-state index < -0.39 is 0 Å². The van der Waals surface area contributed by atoms with Crippen molar-refractivity contribution in [2.45, 2.75) is 26.4 Å². The van der Waals surface area contributed by atoms with Crippen molar-refractivity contribution in [1.29, 1.82) is 0 Å². The van der Waals surface area contributed by atoms with Crippen LogP contribution in [0.1, 0.15) is 18.2 Å². The number of nitrogens with zero attached hydrogens (tertiary/aromatic N) is 1. The lowest BCUT2D eigenvalue weighted by molar-refractivity contribution is 0.523. The van der Waals surface area contributed by atoms with Gasteiger partial charge in [0.1, 0.15) is 0 Å². The molecule has 1 aromatic heterocycles. The van der Waals surface area contributed by atoms with Crippen molar-refractivity contribution in [1.82, 2.24) is 15.6 Å². The summed E-state index contributed by atoms with van der Waals surface area (Å²) in [5.41, 5.74) is 2.37. The second-order valence-electron chi connectivity index (χ2n) is 3.65. The largest absolute Gasteiger partial charge is 0.318 e. The molecule has 1 rings (SSSR count). The fourth-order valence-electron chi connectivity index (χ4n) is 1.38. The molecule has 1 aromatic rings. The predicted octanol–water partition coefficient (Wildman–Crippen LogP) is 1.09. The van der Waals surface area contributed by atoms with E-state index in [1.807, 2.05) is 26.2 Å². The normalized spacial score (nSPS) is 12.8. The molecule has 0 aliphatic rings. The number of aromatic nitrogens is 1. The molecule has 0 bridgehead atoms. The highest BCUT2D eigenvalue weighted by atomic mass is 15.0. The van der Waals surface area contributed by atoms with Crippen LogP contribution in [0.5, 0.6) is 0 Å². The Morgan fingerprint density at radius 2 is 2.29 bits per heavy atom. The van der Waals surface area contributed by atoms with Gasteiger partial charge in [-0.1, -0.05) is 0 Å². The number of hydrogen-bond acceptors (Lipinski definition) is 3. The van der Waals surface area contributed by atoms with Crippen molar-refractivity contribution in [3.05, 3.63) is 29.6 Å². The number of nitrogens with one attached hydrogen (secondary N) is 2. The zero-order valence-corrected chi connectivity index (χ0v) is 9.17. The van der Waals surface area contributed by atoms with E-state index in [1.165, 1.54) is 5.56 Å². The van der Waals surface area contributed by atoms with Gasteiger partial charge < -0.3 is 10.6 Å². The van der Waals surface area contributed by atoms with E-state index in [-0.39, 0.29) is 0 Å². The number of aryl methyl sites for hydroxylation is 1. The van der Waals surface area contributed by atoms with Crippen LogP contribution in [-0.2, 0) is 6.54 Å². The fourth-order valence-corrected chi connectivity index (χ4v) is 1.38. The Balaban J connectivity index is 2.37. The van der Waals surface area contributed by atoms with Gasteiger partial charge in [0.2, 0.25) is 0 Å². The SMILES string of the molecule is CNCC(C)NCc1ccnc(C)c1. The lowest BCUT2D eigenvalue weighted by atomic mass is 10.2. The van der Waals surface area contributed by atoms with Crippen LogP contribution in [0.25, 0.3) is 0 Å². The quantitative estimate of drug-likeness (QED) is 0.735. The van der Waals surface area contributed by atoms with Crippen molar-refractivity contribution in [3.63, 3.8) is 0 Å². The van der Waals surface area contributed by atoms with Crippen LogP contribution in [-0.4, -0.2) is 24.6 Å². The van der Waals surface area contributed by atoms with Crippen molar-refractivity contribution in [3.8, 4) is 0 Å². The summed E-state index contributed by atoms with van der Waals surface area (Å²) < 4.78 is 0. The summed E-state index contributed by atoms with van der Waals surface area (Å²) in [5, 5.41) is 6.58. The van der Waals surface area contributed by atoms with E-state index in [1.54, 1.807) is 0 Å². The zero-order chi connectivity index (χ0) is 10.4. The van der Waals surface area contributed by atoms with Gasteiger partial charge in [-0.3, -0.25) is 4.98 Å². The molecule has 0 spiro atoms. The summed E-state index contributed by atoms with van der Waals surface area (Å²) in [6, 6.07) is 4.65. The molecule has 0 saturated carbocycles. The van der Waals surface area contributed by atoms with Crippen LogP contribution >= 0.6 is 0 Å². The van der Waals surface area contributed by atoms with Crippen LogP contribution in [0.3, 0.4) is 0 Å². The van der Waals surface area contributed by atoms with Gasteiger partial charge in [-0.25, -0.2) is 0 Å². The molecule has 1 unspecified atom stereocenters. The second-order valence-corrected chi connectivity index (χ2v) is 3.65.